The fraction of sp³-hybridized carbons (Fsp3) is 0.583. The van der Waals surface area contributed by atoms with Gasteiger partial charge in [-0.1, -0.05) is 6.92 Å². The Hall–Kier alpha value is -0.540. The van der Waals surface area contributed by atoms with Crippen molar-refractivity contribution in [3.63, 3.8) is 0 Å². The van der Waals surface area contributed by atoms with Gasteiger partial charge in [0.25, 0.3) is 0 Å². The lowest BCUT2D eigenvalue weighted by molar-refractivity contribution is 0.170. The maximum atomic E-state index is 4.41. The molecule has 0 spiro atoms. The Balaban J connectivity index is 2.04. The van der Waals surface area contributed by atoms with Gasteiger partial charge in [0, 0.05) is 12.7 Å². The highest BCUT2D eigenvalue weighted by Crippen LogP contribution is 2.18. The van der Waals surface area contributed by atoms with Crippen LogP contribution in [0.4, 0.5) is 0 Å². The summed E-state index contributed by atoms with van der Waals surface area (Å²) in [4.78, 5) is 6.84. The van der Waals surface area contributed by atoms with Crippen molar-refractivity contribution < 1.29 is 0 Å². The molecule has 0 bridgehead atoms. The number of nitrogens with zero attached hydrogens (tertiary/aromatic N) is 2. The van der Waals surface area contributed by atoms with Gasteiger partial charge in [-0.2, -0.15) is 12.6 Å². The third-order valence-corrected chi connectivity index (χ3v) is 3.57. The van der Waals surface area contributed by atoms with E-state index in [2.05, 4.69) is 41.6 Å². The Morgan fingerprint density at radius 3 is 2.93 bits per heavy atom. The molecule has 1 unspecified atom stereocenters. The van der Waals surface area contributed by atoms with Gasteiger partial charge in [-0.3, -0.25) is 9.88 Å². The van der Waals surface area contributed by atoms with E-state index in [1.807, 2.05) is 6.20 Å². The topological polar surface area (TPSA) is 16.1 Å². The predicted molar refractivity (Wildman–Crippen MR) is 66.4 cm³/mol. The Morgan fingerprint density at radius 1 is 1.53 bits per heavy atom. The molecule has 0 N–H and O–H groups in total. The number of rotatable bonds is 4. The van der Waals surface area contributed by atoms with E-state index in [0.29, 0.717) is 5.92 Å². The minimum absolute atomic E-state index is 0.520. The SMILES string of the molecule is CC(CS)c1ccnc(CN2CCC2)c1. The molecule has 0 aliphatic carbocycles. The van der Waals surface area contributed by atoms with E-state index in [1.54, 1.807) is 0 Å². The zero-order valence-corrected chi connectivity index (χ0v) is 10.1. The molecule has 2 rings (SSSR count). The molecular weight excluding hydrogens is 204 g/mol. The monoisotopic (exact) mass is 222 g/mol. The highest BCUT2D eigenvalue weighted by molar-refractivity contribution is 7.80. The van der Waals surface area contributed by atoms with Gasteiger partial charge in [-0.05, 0) is 48.9 Å². The van der Waals surface area contributed by atoms with Crippen LogP contribution in [0.3, 0.4) is 0 Å². The molecule has 1 aliphatic heterocycles. The number of hydrogen-bond donors (Lipinski definition) is 1. The van der Waals surface area contributed by atoms with Crippen LogP contribution in [-0.2, 0) is 6.54 Å². The maximum Gasteiger partial charge on any atom is 0.0546 e. The lowest BCUT2D eigenvalue weighted by Gasteiger charge is -2.30. The van der Waals surface area contributed by atoms with E-state index in [9.17, 15) is 0 Å². The van der Waals surface area contributed by atoms with Crippen molar-refractivity contribution in [3.8, 4) is 0 Å². The lowest BCUT2D eigenvalue weighted by Crippen LogP contribution is -2.36. The van der Waals surface area contributed by atoms with Gasteiger partial charge in [0.05, 0.1) is 5.69 Å². The highest BCUT2D eigenvalue weighted by Gasteiger charge is 2.14. The second-order valence-electron chi connectivity index (χ2n) is 4.29. The van der Waals surface area contributed by atoms with E-state index in [-0.39, 0.29) is 0 Å². The summed E-state index contributed by atoms with van der Waals surface area (Å²) in [5, 5.41) is 0. The third kappa shape index (κ3) is 2.73. The zero-order chi connectivity index (χ0) is 10.7. The maximum absolute atomic E-state index is 4.41. The number of likely N-dealkylation sites (tertiary alicyclic amines) is 1. The lowest BCUT2D eigenvalue weighted by atomic mass is 10.0. The Kier molecular flexibility index (Phi) is 3.65. The number of hydrogen-bond acceptors (Lipinski definition) is 3. The van der Waals surface area contributed by atoms with Crippen LogP contribution in [0, 0.1) is 0 Å². The second-order valence-corrected chi connectivity index (χ2v) is 4.66. The van der Waals surface area contributed by atoms with Crippen LogP contribution in [-0.4, -0.2) is 28.7 Å². The van der Waals surface area contributed by atoms with E-state index >= 15 is 0 Å². The largest absolute Gasteiger partial charge is 0.297 e. The summed E-state index contributed by atoms with van der Waals surface area (Å²) < 4.78 is 0. The molecule has 1 atom stereocenters. The Labute approximate surface area is 97.1 Å². The van der Waals surface area contributed by atoms with E-state index in [4.69, 9.17) is 0 Å². The summed E-state index contributed by atoms with van der Waals surface area (Å²) >= 11 is 4.33. The van der Waals surface area contributed by atoms with Gasteiger partial charge < -0.3 is 0 Å². The minimum atomic E-state index is 0.520. The van der Waals surface area contributed by atoms with Crippen LogP contribution in [0.2, 0.25) is 0 Å². The van der Waals surface area contributed by atoms with Gasteiger partial charge >= 0.3 is 0 Å². The van der Waals surface area contributed by atoms with Crippen molar-refractivity contribution >= 4 is 12.6 Å². The van der Waals surface area contributed by atoms with Gasteiger partial charge in [0.2, 0.25) is 0 Å². The molecule has 1 saturated heterocycles. The van der Waals surface area contributed by atoms with Crippen LogP contribution >= 0.6 is 12.6 Å². The molecule has 1 aromatic rings. The summed E-state index contributed by atoms with van der Waals surface area (Å²) in [6.45, 7) is 5.67. The van der Waals surface area contributed by atoms with Crippen molar-refractivity contribution in [2.24, 2.45) is 0 Å². The summed E-state index contributed by atoms with van der Waals surface area (Å²) in [6.07, 6.45) is 3.26. The normalized spacial score (nSPS) is 18.5. The molecule has 1 aliphatic rings. The molecule has 2 nitrogen and oxygen atoms in total. The Morgan fingerprint density at radius 2 is 2.33 bits per heavy atom. The molecule has 15 heavy (non-hydrogen) atoms. The standard InChI is InChI=1S/C12H18N2S/c1-10(9-15)11-3-4-13-12(7-11)8-14-5-2-6-14/h3-4,7,10,15H,2,5-6,8-9H2,1H3. The van der Waals surface area contributed by atoms with E-state index in [0.717, 1.165) is 12.3 Å². The van der Waals surface area contributed by atoms with Gasteiger partial charge in [-0.15, -0.1) is 0 Å². The van der Waals surface area contributed by atoms with E-state index in [1.165, 1.54) is 30.8 Å². The molecule has 0 radical (unpaired) electrons. The van der Waals surface area contributed by atoms with Crippen LogP contribution in [0.15, 0.2) is 18.3 Å². The Bertz CT molecular complexity index is 323. The molecule has 0 aromatic carbocycles. The minimum Gasteiger partial charge on any atom is -0.297 e. The molecule has 1 fully saturated rings. The fourth-order valence-electron chi connectivity index (χ4n) is 1.76. The van der Waals surface area contributed by atoms with Gasteiger partial charge in [0.15, 0.2) is 0 Å². The van der Waals surface area contributed by atoms with Gasteiger partial charge in [-0.25, -0.2) is 0 Å². The first-order valence-corrected chi connectivity index (χ1v) is 6.21. The molecule has 3 heteroatoms. The first-order chi connectivity index (χ1) is 7.29. The second kappa shape index (κ2) is 4.99. The number of aromatic nitrogens is 1. The molecule has 0 amide bonds. The fourth-order valence-corrected chi connectivity index (χ4v) is 1.97. The van der Waals surface area contributed by atoms with Crippen LogP contribution < -0.4 is 0 Å². The predicted octanol–water partition coefficient (Wildman–Crippen LogP) is 2.32. The third-order valence-electron chi connectivity index (χ3n) is 3.02. The van der Waals surface area contributed by atoms with Crippen LogP contribution in [0.1, 0.15) is 30.5 Å². The molecule has 2 heterocycles. The van der Waals surface area contributed by atoms with Crippen molar-refractivity contribution in [2.45, 2.75) is 25.8 Å². The smallest absolute Gasteiger partial charge is 0.0546 e. The average Bonchev–Trinajstić information content (AvgIpc) is 2.23. The zero-order valence-electron chi connectivity index (χ0n) is 9.19. The molecular formula is C12H18N2S. The number of thiol groups is 1. The van der Waals surface area contributed by atoms with Crippen molar-refractivity contribution in [1.29, 1.82) is 0 Å². The first-order valence-electron chi connectivity index (χ1n) is 5.57. The van der Waals surface area contributed by atoms with Crippen molar-refractivity contribution in [1.82, 2.24) is 9.88 Å². The van der Waals surface area contributed by atoms with Crippen LogP contribution in [0.5, 0.6) is 0 Å². The van der Waals surface area contributed by atoms with Crippen LogP contribution in [0.25, 0.3) is 0 Å². The molecule has 0 saturated carbocycles. The summed E-state index contributed by atoms with van der Waals surface area (Å²) in [7, 11) is 0. The summed E-state index contributed by atoms with van der Waals surface area (Å²) in [6, 6.07) is 4.32. The van der Waals surface area contributed by atoms with E-state index < -0.39 is 0 Å². The average molecular weight is 222 g/mol. The number of pyridine rings is 1. The van der Waals surface area contributed by atoms with Gasteiger partial charge in [0.1, 0.15) is 0 Å². The summed E-state index contributed by atoms with van der Waals surface area (Å²) in [5.74, 6) is 1.42. The highest BCUT2D eigenvalue weighted by atomic mass is 32.1. The quantitative estimate of drug-likeness (QED) is 0.787. The summed E-state index contributed by atoms with van der Waals surface area (Å²) in [5.41, 5.74) is 2.55. The van der Waals surface area contributed by atoms with Crippen molar-refractivity contribution in [2.75, 3.05) is 18.8 Å². The first kappa shape index (κ1) is 11.0. The van der Waals surface area contributed by atoms with Crippen molar-refractivity contribution in [3.05, 3.63) is 29.6 Å². The molecule has 1 aromatic heterocycles. The molecule has 82 valence electrons.